The van der Waals surface area contributed by atoms with Crippen LogP contribution in [0.1, 0.15) is 6.92 Å². The number of hydrogen-bond acceptors (Lipinski definition) is 4. The quantitative estimate of drug-likeness (QED) is 0.923. The third-order valence-electron chi connectivity index (χ3n) is 2.84. The van der Waals surface area contributed by atoms with E-state index in [9.17, 15) is 16.8 Å². The minimum absolute atomic E-state index is 0.187. The SMILES string of the molecule is CCS(=O)(=O)c1ccc2ccccc2c1S(N)(=O)=O. The Kier molecular flexibility index (Phi) is 3.38. The van der Waals surface area contributed by atoms with Gasteiger partial charge in [-0.25, -0.2) is 22.0 Å². The standard InChI is InChI=1S/C12H13NO4S2/c1-2-18(14,15)11-8-7-9-5-3-4-6-10(9)12(11)19(13,16)17/h3-8H,2H2,1H3,(H2,13,16,17). The van der Waals surface area contributed by atoms with Crippen LogP contribution in [0, 0.1) is 0 Å². The highest BCUT2D eigenvalue weighted by Gasteiger charge is 2.25. The first-order valence-electron chi connectivity index (χ1n) is 5.54. The highest BCUT2D eigenvalue weighted by atomic mass is 32.2. The van der Waals surface area contributed by atoms with Crippen LogP contribution in [0.4, 0.5) is 0 Å². The fourth-order valence-corrected chi connectivity index (χ4v) is 4.47. The predicted octanol–water partition coefficient (Wildman–Crippen LogP) is 1.28. The van der Waals surface area contributed by atoms with Crippen LogP contribution < -0.4 is 5.14 Å². The van der Waals surface area contributed by atoms with Crippen molar-refractivity contribution < 1.29 is 16.8 Å². The molecule has 0 saturated carbocycles. The number of benzene rings is 2. The lowest BCUT2D eigenvalue weighted by Gasteiger charge is -2.11. The van der Waals surface area contributed by atoms with Gasteiger partial charge in [-0.1, -0.05) is 37.3 Å². The van der Waals surface area contributed by atoms with Crippen molar-refractivity contribution in [1.29, 1.82) is 0 Å². The fraction of sp³-hybridized carbons (Fsp3) is 0.167. The fourth-order valence-electron chi connectivity index (χ4n) is 1.92. The molecule has 0 aliphatic heterocycles. The first-order valence-corrected chi connectivity index (χ1v) is 8.74. The van der Waals surface area contributed by atoms with Gasteiger partial charge in [0.15, 0.2) is 9.84 Å². The Morgan fingerprint density at radius 2 is 1.63 bits per heavy atom. The number of sulfonamides is 1. The second-order valence-electron chi connectivity index (χ2n) is 4.06. The molecule has 0 amide bonds. The summed E-state index contributed by atoms with van der Waals surface area (Å²) in [6.45, 7) is 1.46. The Morgan fingerprint density at radius 1 is 1.00 bits per heavy atom. The smallest absolute Gasteiger partial charge is 0.225 e. The zero-order chi connectivity index (χ0) is 14.3. The largest absolute Gasteiger partial charge is 0.239 e. The molecule has 0 aliphatic rings. The Labute approximate surface area is 112 Å². The number of fused-ring (bicyclic) bond motifs is 1. The number of sulfone groups is 1. The molecule has 0 fully saturated rings. The molecule has 2 aromatic rings. The maximum atomic E-state index is 12.0. The van der Waals surface area contributed by atoms with E-state index in [0.29, 0.717) is 10.8 Å². The molecular weight excluding hydrogens is 286 g/mol. The maximum absolute atomic E-state index is 12.0. The van der Waals surface area contributed by atoms with Gasteiger partial charge in [0.05, 0.1) is 10.6 Å². The summed E-state index contributed by atoms with van der Waals surface area (Å²) in [5, 5.41) is 6.13. The highest BCUT2D eigenvalue weighted by molar-refractivity contribution is 7.93. The highest BCUT2D eigenvalue weighted by Crippen LogP contribution is 2.29. The molecular formula is C12H13NO4S2. The van der Waals surface area contributed by atoms with Crippen LogP contribution in [0.15, 0.2) is 46.2 Å². The topological polar surface area (TPSA) is 94.3 Å². The van der Waals surface area contributed by atoms with Gasteiger partial charge in [0.1, 0.15) is 4.90 Å². The van der Waals surface area contributed by atoms with Gasteiger partial charge in [-0.3, -0.25) is 0 Å². The molecule has 0 aliphatic carbocycles. The van der Waals surface area contributed by atoms with Crippen LogP contribution in [0.5, 0.6) is 0 Å². The van der Waals surface area contributed by atoms with Gasteiger partial charge in [-0.2, -0.15) is 0 Å². The average Bonchev–Trinajstić information content (AvgIpc) is 2.36. The van der Waals surface area contributed by atoms with Crippen molar-refractivity contribution in [3.8, 4) is 0 Å². The third kappa shape index (κ3) is 2.49. The molecule has 0 saturated heterocycles. The molecule has 2 aromatic carbocycles. The van der Waals surface area contributed by atoms with Gasteiger partial charge < -0.3 is 0 Å². The summed E-state index contributed by atoms with van der Waals surface area (Å²) in [5.74, 6) is -0.187. The molecule has 0 heterocycles. The Morgan fingerprint density at radius 3 is 2.21 bits per heavy atom. The van der Waals surface area contributed by atoms with E-state index in [-0.39, 0.29) is 15.5 Å². The van der Waals surface area contributed by atoms with Crippen molar-refractivity contribution >= 4 is 30.6 Å². The first-order chi connectivity index (χ1) is 8.77. The lowest BCUT2D eigenvalue weighted by molar-refractivity contribution is 0.585. The molecule has 0 aromatic heterocycles. The van der Waals surface area contributed by atoms with Crippen molar-refractivity contribution in [2.24, 2.45) is 5.14 Å². The number of rotatable bonds is 3. The molecule has 19 heavy (non-hydrogen) atoms. The zero-order valence-corrected chi connectivity index (χ0v) is 11.8. The van der Waals surface area contributed by atoms with E-state index in [2.05, 4.69) is 0 Å². The second-order valence-corrected chi connectivity index (χ2v) is 7.81. The second kappa shape index (κ2) is 4.59. The summed E-state index contributed by atoms with van der Waals surface area (Å²) in [6, 6.07) is 9.49. The zero-order valence-electron chi connectivity index (χ0n) is 10.2. The molecule has 7 heteroatoms. The molecule has 0 radical (unpaired) electrons. The minimum atomic E-state index is -4.13. The van der Waals surface area contributed by atoms with Crippen LogP contribution in [0.25, 0.3) is 10.8 Å². The van der Waals surface area contributed by atoms with Crippen molar-refractivity contribution in [3.05, 3.63) is 36.4 Å². The van der Waals surface area contributed by atoms with Gasteiger partial charge in [-0.05, 0) is 11.5 Å². The predicted molar refractivity (Wildman–Crippen MR) is 73.0 cm³/mol. The van der Waals surface area contributed by atoms with Crippen molar-refractivity contribution in [3.63, 3.8) is 0 Å². The Hall–Kier alpha value is -1.44. The van der Waals surface area contributed by atoms with Crippen LogP contribution >= 0.6 is 0 Å². The monoisotopic (exact) mass is 299 g/mol. The van der Waals surface area contributed by atoms with E-state index in [4.69, 9.17) is 5.14 Å². The van der Waals surface area contributed by atoms with Crippen LogP contribution in [-0.2, 0) is 19.9 Å². The third-order valence-corrected chi connectivity index (χ3v) is 5.75. The number of hydrogen-bond donors (Lipinski definition) is 1. The van der Waals surface area contributed by atoms with Crippen molar-refractivity contribution in [2.75, 3.05) is 5.75 Å². The summed E-state index contributed by atoms with van der Waals surface area (Å²) in [6.07, 6.45) is 0. The first kappa shape index (κ1) is 14.0. The molecule has 2 N–H and O–H groups in total. The van der Waals surface area contributed by atoms with Crippen LogP contribution in [0.3, 0.4) is 0 Å². The number of nitrogens with two attached hydrogens (primary N) is 1. The molecule has 0 bridgehead atoms. The Balaban J connectivity index is 3.03. The molecule has 5 nitrogen and oxygen atoms in total. The average molecular weight is 299 g/mol. The summed E-state index contributed by atoms with van der Waals surface area (Å²) >= 11 is 0. The molecule has 0 atom stereocenters. The van der Waals surface area contributed by atoms with Gasteiger partial charge in [-0.15, -0.1) is 0 Å². The number of primary sulfonamides is 1. The van der Waals surface area contributed by atoms with Crippen LogP contribution in [0.2, 0.25) is 0 Å². The summed E-state index contributed by atoms with van der Waals surface area (Å²) in [7, 11) is -7.80. The van der Waals surface area contributed by atoms with Gasteiger partial charge in [0.25, 0.3) is 0 Å². The van der Waals surface area contributed by atoms with E-state index < -0.39 is 19.9 Å². The van der Waals surface area contributed by atoms with E-state index in [1.807, 2.05) is 0 Å². The van der Waals surface area contributed by atoms with Crippen LogP contribution in [-0.4, -0.2) is 22.6 Å². The van der Waals surface area contributed by atoms with Gasteiger partial charge in [0.2, 0.25) is 10.0 Å². The molecule has 0 spiro atoms. The van der Waals surface area contributed by atoms with E-state index in [0.717, 1.165) is 0 Å². The lowest BCUT2D eigenvalue weighted by Crippen LogP contribution is -2.18. The van der Waals surface area contributed by atoms with Gasteiger partial charge >= 0.3 is 0 Å². The summed E-state index contributed by atoms with van der Waals surface area (Å²) in [5.41, 5.74) is 0. The molecule has 0 unspecified atom stereocenters. The maximum Gasteiger partial charge on any atom is 0.239 e. The van der Waals surface area contributed by atoms with E-state index >= 15 is 0 Å². The van der Waals surface area contributed by atoms with E-state index in [1.165, 1.54) is 13.0 Å². The van der Waals surface area contributed by atoms with E-state index in [1.54, 1.807) is 30.3 Å². The van der Waals surface area contributed by atoms with Crippen molar-refractivity contribution in [2.45, 2.75) is 16.7 Å². The summed E-state index contributed by atoms with van der Waals surface area (Å²) < 4.78 is 47.5. The molecule has 102 valence electrons. The van der Waals surface area contributed by atoms with Gasteiger partial charge in [0, 0.05) is 5.39 Å². The van der Waals surface area contributed by atoms with Crippen molar-refractivity contribution in [1.82, 2.24) is 0 Å². The normalized spacial score (nSPS) is 12.7. The summed E-state index contributed by atoms with van der Waals surface area (Å²) in [4.78, 5) is -0.566. The molecule has 2 rings (SSSR count). The Bertz CT molecular complexity index is 839. The lowest BCUT2D eigenvalue weighted by atomic mass is 10.1. The minimum Gasteiger partial charge on any atom is -0.225 e.